The fourth-order valence-electron chi connectivity index (χ4n) is 3.79. The summed E-state index contributed by atoms with van der Waals surface area (Å²) in [4.78, 5) is 29.7. The third-order valence-corrected chi connectivity index (χ3v) is 6.65. The SMILES string of the molecule is CCOc1ccc(-c2ccc(=O)n(CC(=O)Nc3ccc(-c4nc5ccc(C)cc5s4)cc3)n2)cc1. The van der Waals surface area contributed by atoms with E-state index < -0.39 is 0 Å². The maximum atomic E-state index is 12.7. The molecule has 0 saturated carbocycles. The predicted molar refractivity (Wildman–Crippen MR) is 144 cm³/mol. The van der Waals surface area contributed by atoms with E-state index >= 15 is 0 Å². The van der Waals surface area contributed by atoms with Gasteiger partial charge in [-0.2, -0.15) is 5.10 Å². The van der Waals surface area contributed by atoms with Crippen molar-refractivity contribution in [3.63, 3.8) is 0 Å². The average Bonchev–Trinajstić information content (AvgIpc) is 3.30. The number of fused-ring (bicyclic) bond motifs is 1. The summed E-state index contributed by atoms with van der Waals surface area (Å²) in [5.74, 6) is 0.426. The third-order valence-electron chi connectivity index (χ3n) is 5.58. The number of amides is 1. The number of anilines is 1. The summed E-state index contributed by atoms with van der Waals surface area (Å²) in [7, 11) is 0. The summed E-state index contributed by atoms with van der Waals surface area (Å²) in [5.41, 5.74) is 4.87. The third kappa shape index (κ3) is 5.18. The molecule has 5 aromatic rings. The molecule has 2 aromatic heterocycles. The van der Waals surface area contributed by atoms with E-state index in [0.29, 0.717) is 18.0 Å². The first-order valence-electron chi connectivity index (χ1n) is 11.6. The normalized spacial score (nSPS) is 10.9. The minimum atomic E-state index is -0.346. The topological polar surface area (TPSA) is 86.1 Å². The Labute approximate surface area is 212 Å². The number of aryl methyl sites for hydroxylation is 1. The summed E-state index contributed by atoms with van der Waals surface area (Å²) in [5, 5.41) is 8.14. The molecule has 0 bridgehead atoms. The summed E-state index contributed by atoms with van der Waals surface area (Å²) < 4.78 is 7.78. The van der Waals surface area contributed by atoms with Gasteiger partial charge in [0.15, 0.2) is 0 Å². The van der Waals surface area contributed by atoms with Crippen molar-refractivity contribution in [2.24, 2.45) is 0 Å². The van der Waals surface area contributed by atoms with Crippen LogP contribution in [0.1, 0.15) is 12.5 Å². The molecule has 3 aromatic carbocycles. The molecule has 36 heavy (non-hydrogen) atoms. The van der Waals surface area contributed by atoms with E-state index in [1.165, 1.54) is 16.3 Å². The van der Waals surface area contributed by atoms with E-state index in [1.54, 1.807) is 17.4 Å². The molecule has 5 rings (SSSR count). The van der Waals surface area contributed by atoms with Gasteiger partial charge >= 0.3 is 0 Å². The highest BCUT2D eigenvalue weighted by atomic mass is 32.1. The van der Waals surface area contributed by atoms with Crippen molar-refractivity contribution < 1.29 is 9.53 Å². The monoisotopic (exact) mass is 496 g/mol. The van der Waals surface area contributed by atoms with Crippen molar-refractivity contribution in [2.45, 2.75) is 20.4 Å². The fraction of sp³-hybridized carbons (Fsp3) is 0.143. The highest BCUT2D eigenvalue weighted by Gasteiger charge is 2.10. The average molecular weight is 497 g/mol. The number of carbonyl (C=O) groups excluding carboxylic acids is 1. The number of nitrogens with one attached hydrogen (secondary N) is 1. The molecule has 0 aliphatic heterocycles. The molecule has 0 fully saturated rings. The lowest BCUT2D eigenvalue weighted by molar-refractivity contribution is -0.117. The van der Waals surface area contributed by atoms with Crippen LogP contribution in [-0.4, -0.2) is 27.3 Å². The first-order valence-corrected chi connectivity index (χ1v) is 12.4. The van der Waals surface area contributed by atoms with Crippen molar-refractivity contribution >= 4 is 33.1 Å². The van der Waals surface area contributed by atoms with Gasteiger partial charge in [0, 0.05) is 22.9 Å². The molecule has 0 atom stereocenters. The smallest absolute Gasteiger partial charge is 0.267 e. The summed E-state index contributed by atoms with van der Waals surface area (Å²) >= 11 is 1.64. The Kier molecular flexibility index (Phi) is 6.60. The Morgan fingerprint density at radius 3 is 2.47 bits per heavy atom. The van der Waals surface area contributed by atoms with Crippen LogP contribution in [0.3, 0.4) is 0 Å². The van der Waals surface area contributed by atoms with Crippen molar-refractivity contribution in [1.29, 1.82) is 0 Å². The minimum absolute atomic E-state index is 0.192. The molecular formula is C28H24N4O3S. The number of carbonyl (C=O) groups is 1. The van der Waals surface area contributed by atoms with Gasteiger partial charge in [0.25, 0.3) is 5.56 Å². The highest BCUT2D eigenvalue weighted by molar-refractivity contribution is 7.21. The van der Waals surface area contributed by atoms with Crippen LogP contribution in [0.15, 0.2) is 83.7 Å². The molecular weight excluding hydrogens is 472 g/mol. The Hall–Kier alpha value is -4.30. The highest BCUT2D eigenvalue weighted by Crippen LogP contribution is 2.31. The number of hydrogen-bond donors (Lipinski definition) is 1. The van der Waals surface area contributed by atoms with Gasteiger partial charge in [-0.15, -0.1) is 11.3 Å². The maximum Gasteiger partial charge on any atom is 0.267 e. The summed E-state index contributed by atoms with van der Waals surface area (Å²) in [6, 6.07) is 24.2. The van der Waals surface area contributed by atoms with E-state index in [4.69, 9.17) is 9.72 Å². The van der Waals surface area contributed by atoms with Crippen LogP contribution in [0.2, 0.25) is 0 Å². The van der Waals surface area contributed by atoms with Crippen molar-refractivity contribution in [3.05, 3.63) is 94.8 Å². The molecule has 1 amide bonds. The van der Waals surface area contributed by atoms with Crippen molar-refractivity contribution in [3.8, 4) is 27.6 Å². The predicted octanol–water partition coefficient (Wildman–Crippen LogP) is 5.53. The van der Waals surface area contributed by atoms with Crippen LogP contribution in [0, 0.1) is 6.92 Å². The number of nitrogens with zero attached hydrogens (tertiary/aromatic N) is 3. The van der Waals surface area contributed by atoms with Crippen LogP contribution >= 0.6 is 11.3 Å². The van der Waals surface area contributed by atoms with Crippen LogP contribution in [0.25, 0.3) is 32.0 Å². The quantitative estimate of drug-likeness (QED) is 0.320. The van der Waals surface area contributed by atoms with E-state index in [0.717, 1.165) is 32.1 Å². The lowest BCUT2D eigenvalue weighted by Crippen LogP contribution is -2.29. The first kappa shape index (κ1) is 23.4. The largest absolute Gasteiger partial charge is 0.494 e. The first-order chi connectivity index (χ1) is 17.5. The van der Waals surface area contributed by atoms with Gasteiger partial charge in [0.1, 0.15) is 17.3 Å². The Morgan fingerprint density at radius 2 is 1.72 bits per heavy atom. The molecule has 1 N–H and O–H groups in total. The molecule has 0 radical (unpaired) electrons. The molecule has 0 aliphatic rings. The van der Waals surface area contributed by atoms with Gasteiger partial charge in [-0.1, -0.05) is 6.07 Å². The molecule has 2 heterocycles. The number of ether oxygens (including phenoxy) is 1. The van der Waals surface area contributed by atoms with Gasteiger partial charge in [0.05, 0.1) is 22.5 Å². The molecule has 7 nitrogen and oxygen atoms in total. The van der Waals surface area contributed by atoms with E-state index in [2.05, 4.69) is 29.5 Å². The second-order valence-corrected chi connectivity index (χ2v) is 9.32. The number of benzene rings is 3. The van der Waals surface area contributed by atoms with E-state index in [9.17, 15) is 9.59 Å². The Morgan fingerprint density at radius 1 is 0.972 bits per heavy atom. The lowest BCUT2D eigenvalue weighted by atomic mass is 10.1. The Bertz CT molecular complexity index is 1590. The standard InChI is InChI=1S/C28H24N4O3S/c1-3-35-22-11-7-19(8-12-22)23-14-15-27(34)32(31-23)17-26(33)29-21-9-5-20(6-10-21)28-30-24-13-4-18(2)16-25(24)36-28/h4-16H,3,17H2,1-2H3,(H,29,33). The fourth-order valence-corrected chi connectivity index (χ4v) is 4.86. The van der Waals surface area contributed by atoms with Crippen molar-refractivity contribution in [2.75, 3.05) is 11.9 Å². The molecule has 180 valence electrons. The number of hydrogen-bond acceptors (Lipinski definition) is 6. The zero-order valence-electron chi connectivity index (χ0n) is 19.9. The zero-order valence-corrected chi connectivity index (χ0v) is 20.7. The van der Waals surface area contributed by atoms with Gasteiger partial charge in [-0.3, -0.25) is 9.59 Å². The van der Waals surface area contributed by atoms with Crippen LogP contribution in [0.4, 0.5) is 5.69 Å². The second kappa shape index (κ2) is 10.1. The van der Waals surface area contributed by atoms with Crippen LogP contribution in [0.5, 0.6) is 5.75 Å². The summed E-state index contributed by atoms with van der Waals surface area (Å²) in [6.07, 6.45) is 0. The molecule has 0 saturated heterocycles. The van der Waals surface area contributed by atoms with Gasteiger partial charge < -0.3 is 10.1 Å². The van der Waals surface area contributed by atoms with Gasteiger partial charge in [0.2, 0.25) is 5.91 Å². The van der Waals surface area contributed by atoms with E-state index in [-0.39, 0.29) is 18.0 Å². The summed E-state index contributed by atoms with van der Waals surface area (Å²) in [6.45, 7) is 4.38. The number of thiazole rings is 1. The minimum Gasteiger partial charge on any atom is -0.494 e. The van der Waals surface area contributed by atoms with Crippen LogP contribution < -0.4 is 15.6 Å². The number of rotatable bonds is 7. The lowest BCUT2D eigenvalue weighted by Gasteiger charge is -2.09. The second-order valence-electron chi connectivity index (χ2n) is 8.29. The molecule has 8 heteroatoms. The zero-order chi connectivity index (χ0) is 25.1. The van der Waals surface area contributed by atoms with Crippen molar-refractivity contribution in [1.82, 2.24) is 14.8 Å². The van der Waals surface area contributed by atoms with Crippen LogP contribution in [-0.2, 0) is 11.3 Å². The molecule has 0 unspecified atom stereocenters. The van der Waals surface area contributed by atoms with E-state index in [1.807, 2.05) is 61.5 Å². The van der Waals surface area contributed by atoms with Gasteiger partial charge in [-0.25, -0.2) is 9.67 Å². The maximum absolute atomic E-state index is 12.7. The number of aromatic nitrogens is 3. The Balaban J connectivity index is 1.27. The van der Waals surface area contributed by atoms with Gasteiger partial charge in [-0.05, 0) is 86.1 Å². The molecule has 0 aliphatic carbocycles. The molecule has 0 spiro atoms.